The fourth-order valence-electron chi connectivity index (χ4n) is 1.72. The van der Waals surface area contributed by atoms with Crippen molar-refractivity contribution in [2.24, 2.45) is 0 Å². The molecule has 0 unspecified atom stereocenters. The van der Waals surface area contributed by atoms with Crippen LogP contribution in [0.15, 0.2) is 42.5 Å². The number of nitrogens with two attached hydrogens (primary N) is 1. The molecule has 2 rings (SSSR count). The van der Waals surface area contributed by atoms with Crippen LogP contribution in [0.5, 0.6) is 0 Å². The summed E-state index contributed by atoms with van der Waals surface area (Å²) in [4.78, 5) is 23.5. The molecule has 0 saturated heterocycles. The zero-order chi connectivity index (χ0) is 17.9. The Hall–Kier alpha value is -2.74. The van der Waals surface area contributed by atoms with Crippen LogP contribution in [-0.4, -0.2) is 11.8 Å². The summed E-state index contributed by atoms with van der Waals surface area (Å²) in [6.07, 6.45) is -4.48. The highest BCUT2D eigenvalue weighted by Crippen LogP contribution is 2.29. The maximum Gasteiger partial charge on any atom is 0.416 e. The molecule has 0 heterocycles. The average molecular weight is 358 g/mol. The first-order chi connectivity index (χ1) is 11.2. The molecule has 0 spiro atoms. The van der Waals surface area contributed by atoms with Gasteiger partial charge >= 0.3 is 18.0 Å². The SMILES string of the molecule is Nc1ccc(NC(=O)C(=O)Nc2ccc(C(F)(F)F)cc2)cc1Cl. The van der Waals surface area contributed by atoms with Gasteiger partial charge in [0.1, 0.15) is 0 Å². The van der Waals surface area contributed by atoms with Gasteiger partial charge in [-0.1, -0.05) is 11.6 Å². The molecule has 0 aliphatic rings. The van der Waals surface area contributed by atoms with E-state index in [1.54, 1.807) is 0 Å². The minimum Gasteiger partial charge on any atom is -0.398 e. The molecule has 24 heavy (non-hydrogen) atoms. The molecule has 0 aliphatic heterocycles. The van der Waals surface area contributed by atoms with Gasteiger partial charge in [0, 0.05) is 11.4 Å². The molecule has 2 amide bonds. The second-order valence-corrected chi connectivity index (χ2v) is 5.13. The van der Waals surface area contributed by atoms with Crippen LogP contribution in [-0.2, 0) is 15.8 Å². The van der Waals surface area contributed by atoms with E-state index in [1.165, 1.54) is 18.2 Å². The Bertz CT molecular complexity index is 777. The lowest BCUT2D eigenvalue weighted by Gasteiger charge is -2.09. The highest BCUT2D eigenvalue weighted by atomic mass is 35.5. The number of rotatable bonds is 2. The Kier molecular flexibility index (Phi) is 4.99. The molecule has 0 radical (unpaired) electrons. The normalized spacial score (nSPS) is 11.0. The molecule has 2 aromatic carbocycles. The third-order valence-electron chi connectivity index (χ3n) is 2.93. The zero-order valence-electron chi connectivity index (χ0n) is 11.9. The van der Waals surface area contributed by atoms with Crippen LogP contribution in [0.3, 0.4) is 0 Å². The van der Waals surface area contributed by atoms with Gasteiger partial charge in [-0.3, -0.25) is 9.59 Å². The maximum atomic E-state index is 12.4. The number of amides is 2. The number of nitrogen functional groups attached to an aromatic ring is 1. The van der Waals surface area contributed by atoms with Crippen molar-refractivity contribution < 1.29 is 22.8 Å². The van der Waals surface area contributed by atoms with Crippen LogP contribution in [0.4, 0.5) is 30.2 Å². The number of anilines is 3. The van der Waals surface area contributed by atoms with Crippen LogP contribution in [0, 0.1) is 0 Å². The Morgan fingerprint density at radius 2 is 1.42 bits per heavy atom. The van der Waals surface area contributed by atoms with E-state index in [0.29, 0.717) is 5.69 Å². The summed E-state index contributed by atoms with van der Waals surface area (Å²) >= 11 is 5.79. The summed E-state index contributed by atoms with van der Waals surface area (Å²) < 4.78 is 37.3. The zero-order valence-corrected chi connectivity index (χ0v) is 12.7. The molecule has 0 aliphatic carbocycles. The third-order valence-corrected chi connectivity index (χ3v) is 3.26. The minimum atomic E-state index is -4.48. The Balaban J connectivity index is 2.01. The lowest BCUT2D eigenvalue weighted by molar-refractivity contribution is -0.137. The predicted octanol–water partition coefficient (Wildman–Crippen LogP) is 3.52. The van der Waals surface area contributed by atoms with E-state index in [4.69, 9.17) is 17.3 Å². The summed E-state index contributed by atoms with van der Waals surface area (Å²) in [6, 6.07) is 7.96. The van der Waals surface area contributed by atoms with E-state index in [-0.39, 0.29) is 16.4 Å². The smallest absolute Gasteiger partial charge is 0.398 e. The molecule has 126 valence electrons. The van der Waals surface area contributed by atoms with E-state index in [1.807, 2.05) is 0 Å². The second kappa shape index (κ2) is 6.79. The van der Waals surface area contributed by atoms with Gasteiger partial charge in [-0.15, -0.1) is 0 Å². The summed E-state index contributed by atoms with van der Waals surface area (Å²) in [6.45, 7) is 0. The van der Waals surface area contributed by atoms with Crippen LogP contribution in [0.2, 0.25) is 5.02 Å². The Morgan fingerprint density at radius 1 is 0.917 bits per heavy atom. The Labute approximate surface area is 139 Å². The molecule has 2 aromatic rings. The van der Waals surface area contributed by atoms with Gasteiger partial charge in [0.05, 0.1) is 16.3 Å². The largest absolute Gasteiger partial charge is 0.416 e. The summed E-state index contributed by atoms with van der Waals surface area (Å²) in [5, 5.41) is 4.69. The number of carbonyl (C=O) groups is 2. The minimum absolute atomic E-state index is 0.0542. The van der Waals surface area contributed by atoms with Crippen molar-refractivity contribution in [3.8, 4) is 0 Å². The van der Waals surface area contributed by atoms with Gasteiger partial charge in [0.25, 0.3) is 0 Å². The van der Waals surface area contributed by atoms with E-state index >= 15 is 0 Å². The number of nitrogens with one attached hydrogen (secondary N) is 2. The summed E-state index contributed by atoms with van der Waals surface area (Å²) in [5.41, 5.74) is 5.28. The standard InChI is InChI=1S/C15H11ClF3N3O2/c16-11-7-10(5-6-12(11)20)22-14(24)13(23)21-9-3-1-8(2-4-9)15(17,18)19/h1-7H,20H2,(H,21,23)(H,22,24). The highest BCUT2D eigenvalue weighted by molar-refractivity contribution is 6.43. The van der Waals surface area contributed by atoms with Gasteiger partial charge in [0.2, 0.25) is 0 Å². The van der Waals surface area contributed by atoms with E-state index in [2.05, 4.69) is 10.6 Å². The molecule has 0 fully saturated rings. The van der Waals surface area contributed by atoms with E-state index in [9.17, 15) is 22.8 Å². The van der Waals surface area contributed by atoms with Crippen molar-refractivity contribution in [3.05, 3.63) is 53.1 Å². The van der Waals surface area contributed by atoms with Gasteiger partial charge in [0.15, 0.2) is 0 Å². The lowest BCUT2D eigenvalue weighted by atomic mass is 10.2. The van der Waals surface area contributed by atoms with Crippen LogP contribution >= 0.6 is 11.6 Å². The van der Waals surface area contributed by atoms with Crippen molar-refractivity contribution in [2.75, 3.05) is 16.4 Å². The first-order valence-corrected chi connectivity index (χ1v) is 6.89. The molecule has 4 N–H and O–H groups in total. The van der Waals surface area contributed by atoms with Crippen LogP contribution < -0.4 is 16.4 Å². The monoisotopic (exact) mass is 357 g/mol. The van der Waals surface area contributed by atoms with Gasteiger partial charge in [-0.25, -0.2) is 0 Å². The van der Waals surface area contributed by atoms with Crippen LogP contribution in [0.1, 0.15) is 5.56 Å². The first kappa shape index (κ1) is 17.6. The van der Waals surface area contributed by atoms with Crippen LogP contribution in [0.25, 0.3) is 0 Å². The number of halogens is 4. The van der Waals surface area contributed by atoms with Gasteiger partial charge in [-0.05, 0) is 42.5 Å². The predicted molar refractivity (Wildman–Crippen MR) is 84.6 cm³/mol. The van der Waals surface area contributed by atoms with E-state index < -0.39 is 23.6 Å². The fourth-order valence-corrected chi connectivity index (χ4v) is 1.90. The molecule has 5 nitrogen and oxygen atoms in total. The summed E-state index contributed by atoms with van der Waals surface area (Å²) in [7, 11) is 0. The third kappa shape index (κ3) is 4.39. The topological polar surface area (TPSA) is 84.2 Å². The number of alkyl halides is 3. The molecular formula is C15H11ClF3N3O2. The molecule has 9 heteroatoms. The number of benzene rings is 2. The van der Waals surface area contributed by atoms with Crippen molar-refractivity contribution in [1.82, 2.24) is 0 Å². The summed E-state index contributed by atoms with van der Waals surface area (Å²) in [5.74, 6) is -2.04. The fraction of sp³-hybridized carbons (Fsp3) is 0.0667. The van der Waals surface area contributed by atoms with Gasteiger partial charge < -0.3 is 16.4 Å². The van der Waals surface area contributed by atoms with Crippen molar-refractivity contribution >= 4 is 40.5 Å². The molecular weight excluding hydrogens is 347 g/mol. The lowest BCUT2D eigenvalue weighted by Crippen LogP contribution is -2.29. The molecule has 0 bridgehead atoms. The number of carbonyl (C=O) groups excluding carboxylic acids is 2. The number of hydrogen-bond acceptors (Lipinski definition) is 3. The second-order valence-electron chi connectivity index (χ2n) is 4.72. The molecule has 0 atom stereocenters. The highest BCUT2D eigenvalue weighted by Gasteiger charge is 2.30. The maximum absolute atomic E-state index is 12.4. The van der Waals surface area contributed by atoms with Gasteiger partial charge in [-0.2, -0.15) is 13.2 Å². The quantitative estimate of drug-likeness (QED) is 0.568. The molecule has 0 saturated carbocycles. The van der Waals surface area contributed by atoms with E-state index in [0.717, 1.165) is 24.3 Å². The van der Waals surface area contributed by atoms with Crippen molar-refractivity contribution in [1.29, 1.82) is 0 Å². The number of hydrogen-bond donors (Lipinski definition) is 3. The molecule has 0 aromatic heterocycles. The average Bonchev–Trinajstić information content (AvgIpc) is 2.50. The first-order valence-electron chi connectivity index (χ1n) is 6.51. The van der Waals surface area contributed by atoms with Crippen molar-refractivity contribution in [3.63, 3.8) is 0 Å². The Morgan fingerprint density at radius 3 is 1.92 bits per heavy atom. The van der Waals surface area contributed by atoms with Crippen molar-refractivity contribution in [2.45, 2.75) is 6.18 Å².